The van der Waals surface area contributed by atoms with Gasteiger partial charge in [-0.2, -0.15) is 0 Å². The Labute approximate surface area is 151 Å². The molecule has 2 amide bonds. The molecule has 2 unspecified atom stereocenters. The molecule has 26 heavy (non-hydrogen) atoms. The number of nitro benzene ring substituents is 1. The van der Waals surface area contributed by atoms with Crippen LogP contribution in [0.5, 0.6) is 5.88 Å². The van der Waals surface area contributed by atoms with Crippen LogP contribution < -0.4 is 10.2 Å². The van der Waals surface area contributed by atoms with Gasteiger partial charge < -0.3 is 4.74 Å². The van der Waals surface area contributed by atoms with Gasteiger partial charge in [-0.1, -0.05) is 0 Å². The zero-order valence-corrected chi connectivity index (χ0v) is 13.9. The van der Waals surface area contributed by atoms with Crippen molar-refractivity contribution < 1.29 is 19.2 Å². The highest BCUT2D eigenvalue weighted by Gasteiger charge is 2.48. The number of benzene rings is 1. The highest BCUT2D eigenvalue weighted by molar-refractivity contribution is 6.33. The van der Waals surface area contributed by atoms with Gasteiger partial charge in [0.2, 0.25) is 5.88 Å². The molecule has 134 valence electrons. The highest BCUT2D eigenvalue weighted by Crippen LogP contribution is 2.37. The van der Waals surface area contributed by atoms with Gasteiger partial charge >= 0.3 is 0 Å². The van der Waals surface area contributed by atoms with Crippen molar-refractivity contribution >= 4 is 29.1 Å². The number of halogens is 1. The van der Waals surface area contributed by atoms with Crippen molar-refractivity contribution in [2.45, 2.75) is 11.4 Å². The molecule has 1 aliphatic rings. The number of carbonyl (C=O) groups excluding carboxylic acids is 2. The molecule has 0 saturated carbocycles. The summed E-state index contributed by atoms with van der Waals surface area (Å²) in [5.41, 5.74) is 2.88. The lowest BCUT2D eigenvalue weighted by Gasteiger charge is -2.43. The number of hydrogen-bond acceptors (Lipinski definition) is 7. The number of nitro groups is 1. The van der Waals surface area contributed by atoms with E-state index >= 15 is 0 Å². The molecule has 10 nitrogen and oxygen atoms in total. The molecule has 3 rings (SSSR count). The van der Waals surface area contributed by atoms with Crippen molar-refractivity contribution in [3.63, 3.8) is 0 Å². The summed E-state index contributed by atoms with van der Waals surface area (Å²) in [5.74, 6) is -0.901. The van der Waals surface area contributed by atoms with E-state index in [1.165, 1.54) is 42.9 Å². The van der Waals surface area contributed by atoms with Crippen LogP contribution in [-0.4, -0.2) is 43.7 Å². The fourth-order valence-electron chi connectivity index (χ4n) is 2.36. The normalized spacial score (nSPS) is 18.8. The first-order valence-electron chi connectivity index (χ1n) is 7.37. The van der Waals surface area contributed by atoms with E-state index in [1.54, 1.807) is 0 Å². The Hall–Kier alpha value is -3.27. The molecule has 2 heterocycles. The first-order chi connectivity index (χ1) is 12.5. The topological polar surface area (TPSA) is 128 Å². The average Bonchev–Trinajstić information content (AvgIpc) is 2.66. The maximum atomic E-state index is 12.0. The summed E-state index contributed by atoms with van der Waals surface area (Å²) in [7, 11) is 0. The Balaban J connectivity index is 1.63. The number of ether oxygens (including phenoxy) is 1. The largest absolute Gasteiger partial charge is 0.466 e. The molecule has 1 aliphatic heterocycles. The van der Waals surface area contributed by atoms with Gasteiger partial charge in [-0.3, -0.25) is 30.1 Å². The van der Waals surface area contributed by atoms with Gasteiger partial charge in [0, 0.05) is 24.5 Å². The van der Waals surface area contributed by atoms with Gasteiger partial charge in [0.05, 0.1) is 11.1 Å². The molecule has 0 bridgehead atoms. The molecule has 0 radical (unpaired) electrons. The first-order valence-corrected chi connectivity index (χ1v) is 7.81. The Morgan fingerprint density at radius 3 is 2.69 bits per heavy atom. The van der Waals surface area contributed by atoms with Crippen molar-refractivity contribution in [2.75, 3.05) is 6.61 Å². The summed E-state index contributed by atoms with van der Waals surface area (Å²) in [6.45, 7) is -0.373. The highest BCUT2D eigenvalue weighted by atomic mass is 35.5. The van der Waals surface area contributed by atoms with E-state index < -0.39 is 28.2 Å². The number of hydrogen-bond donors (Lipinski definition) is 1. The van der Waals surface area contributed by atoms with E-state index in [4.69, 9.17) is 16.3 Å². The number of hydrazine groups is 1. The Bertz CT molecular complexity index is 832. The van der Waals surface area contributed by atoms with Crippen molar-refractivity contribution in [3.05, 3.63) is 58.5 Å². The third kappa shape index (κ3) is 3.54. The lowest BCUT2D eigenvalue weighted by atomic mass is 9.95. The molecule has 2 aromatic rings. The van der Waals surface area contributed by atoms with E-state index in [2.05, 4.69) is 15.4 Å². The van der Waals surface area contributed by atoms with Gasteiger partial charge in [0.25, 0.3) is 17.5 Å². The van der Waals surface area contributed by atoms with E-state index in [-0.39, 0.29) is 18.2 Å². The van der Waals surface area contributed by atoms with Crippen molar-refractivity contribution in [2.24, 2.45) is 0 Å². The molecule has 1 aromatic heterocycles. The fourth-order valence-corrected chi connectivity index (χ4v) is 2.72. The smallest absolute Gasteiger partial charge is 0.276 e. The minimum absolute atomic E-state index is 0.0847. The molecule has 1 N–H and O–H groups in total. The van der Waals surface area contributed by atoms with E-state index in [0.717, 1.165) is 5.01 Å². The molecule has 1 saturated heterocycles. The Morgan fingerprint density at radius 2 is 2.08 bits per heavy atom. The van der Waals surface area contributed by atoms with Gasteiger partial charge in [0.15, 0.2) is 6.61 Å². The molecule has 0 aliphatic carbocycles. The maximum Gasteiger partial charge on any atom is 0.276 e. The summed E-state index contributed by atoms with van der Waals surface area (Å²) in [6, 6.07) is 4.95. The van der Waals surface area contributed by atoms with Crippen LogP contribution in [-0.2, 0) is 9.59 Å². The van der Waals surface area contributed by atoms with Gasteiger partial charge in [-0.15, -0.1) is 11.6 Å². The second-order valence-corrected chi connectivity index (χ2v) is 5.74. The molecular weight excluding hydrogens is 366 g/mol. The molecular formula is C15H12ClN5O5. The molecule has 1 fully saturated rings. The number of non-ortho nitro benzene ring substituents is 1. The minimum Gasteiger partial charge on any atom is -0.466 e. The minimum atomic E-state index is -0.877. The van der Waals surface area contributed by atoms with Gasteiger partial charge in [0.1, 0.15) is 11.4 Å². The fraction of sp³-hybridized carbons (Fsp3) is 0.200. The van der Waals surface area contributed by atoms with Gasteiger partial charge in [-0.05, 0) is 17.7 Å². The molecule has 0 spiro atoms. The first kappa shape index (κ1) is 17.5. The monoisotopic (exact) mass is 377 g/mol. The predicted molar refractivity (Wildman–Crippen MR) is 88.0 cm³/mol. The number of amides is 2. The van der Waals surface area contributed by atoms with Crippen LogP contribution in [0.1, 0.15) is 11.6 Å². The van der Waals surface area contributed by atoms with Crippen LogP contribution in [0, 0.1) is 10.1 Å². The SMILES string of the molecule is O=C(COc1cnccn1)NN1C(=O)C(Cl)C1c1ccc([N+](=O)[O-])cc1. The van der Waals surface area contributed by atoms with Crippen molar-refractivity contribution in [1.82, 2.24) is 20.4 Å². The summed E-state index contributed by atoms with van der Waals surface area (Å²) < 4.78 is 5.15. The van der Waals surface area contributed by atoms with Gasteiger partial charge in [-0.25, -0.2) is 9.99 Å². The quantitative estimate of drug-likeness (QED) is 0.344. The summed E-state index contributed by atoms with van der Waals surface area (Å²) in [4.78, 5) is 41.8. The van der Waals surface area contributed by atoms with Crippen LogP contribution >= 0.6 is 11.6 Å². The second kappa shape index (κ2) is 7.31. The Morgan fingerprint density at radius 1 is 1.35 bits per heavy atom. The number of rotatable bonds is 6. The zero-order valence-electron chi connectivity index (χ0n) is 13.1. The number of aromatic nitrogens is 2. The number of β-lactam (4-membered cyclic amide) rings is 1. The summed E-state index contributed by atoms with van der Waals surface area (Å²) >= 11 is 6.03. The van der Waals surface area contributed by atoms with Crippen molar-refractivity contribution in [1.29, 1.82) is 0 Å². The summed E-state index contributed by atoms with van der Waals surface area (Å²) in [5, 5.41) is 10.9. The average molecular weight is 378 g/mol. The molecule has 11 heteroatoms. The van der Waals surface area contributed by atoms with Crippen LogP contribution in [0.15, 0.2) is 42.9 Å². The molecule has 2 atom stereocenters. The lowest BCUT2D eigenvalue weighted by Crippen LogP contribution is -2.63. The van der Waals surface area contributed by atoms with Crippen LogP contribution in [0.4, 0.5) is 5.69 Å². The standard InChI is InChI=1S/C15H12ClN5O5/c16-13-14(9-1-3-10(4-2-9)21(24)25)20(15(13)23)19-11(22)8-26-12-7-17-5-6-18-12/h1-7,13-14H,8H2,(H,19,22). The van der Waals surface area contributed by atoms with E-state index in [9.17, 15) is 19.7 Å². The Kier molecular flexibility index (Phi) is 4.94. The zero-order chi connectivity index (χ0) is 18.7. The maximum absolute atomic E-state index is 12.0. The number of nitrogens with one attached hydrogen (secondary N) is 1. The number of alkyl halides is 1. The molecule has 1 aromatic carbocycles. The third-order valence-corrected chi connectivity index (χ3v) is 4.04. The third-order valence-electron chi connectivity index (χ3n) is 3.61. The van der Waals surface area contributed by atoms with Crippen LogP contribution in [0.3, 0.4) is 0 Å². The second-order valence-electron chi connectivity index (χ2n) is 5.27. The number of nitrogens with zero attached hydrogens (tertiary/aromatic N) is 4. The van der Waals surface area contributed by atoms with E-state index in [0.29, 0.717) is 5.56 Å². The van der Waals surface area contributed by atoms with Crippen LogP contribution in [0.25, 0.3) is 0 Å². The van der Waals surface area contributed by atoms with Crippen LogP contribution in [0.2, 0.25) is 0 Å². The number of carbonyl (C=O) groups is 2. The van der Waals surface area contributed by atoms with Crippen molar-refractivity contribution in [3.8, 4) is 5.88 Å². The summed E-state index contributed by atoms with van der Waals surface area (Å²) in [6.07, 6.45) is 4.21. The predicted octanol–water partition coefficient (Wildman–Crippen LogP) is 0.986. The lowest BCUT2D eigenvalue weighted by molar-refractivity contribution is -0.384. The van der Waals surface area contributed by atoms with E-state index in [1.807, 2.05) is 0 Å².